The van der Waals surface area contributed by atoms with Crippen molar-refractivity contribution in [1.82, 2.24) is 4.98 Å². The lowest BCUT2D eigenvalue weighted by atomic mass is 10.0. The van der Waals surface area contributed by atoms with E-state index in [0.717, 1.165) is 0 Å². The number of nitrogens with two attached hydrogens (primary N) is 1. The maximum Gasteiger partial charge on any atom is 0.142 e. The predicted octanol–water partition coefficient (Wildman–Crippen LogP) is 3.04. The van der Waals surface area contributed by atoms with E-state index in [4.69, 9.17) is 10.5 Å². The van der Waals surface area contributed by atoms with E-state index in [-0.39, 0.29) is 5.82 Å². The smallest absolute Gasteiger partial charge is 0.142 e. The lowest BCUT2D eigenvalue weighted by Crippen LogP contribution is -2.16. The van der Waals surface area contributed by atoms with Crippen LogP contribution in [-0.2, 0) is 0 Å². The maximum atomic E-state index is 13.8. The van der Waals surface area contributed by atoms with Crippen molar-refractivity contribution >= 4 is 15.9 Å². The first-order valence-corrected chi connectivity index (χ1v) is 6.13. The van der Waals surface area contributed by atoms with Gasteiger partial charge in [-0.25, -0.2) is 4.39 Å². The van der Waals surface area contributed by atoms with Gasteiger partial charge in [0.05, 0.1) is 13.2 Å². The number of nitrogens with zero attached hydrogens (tertiary/aromatic N) is 1. The second-order valence-corrected chi connectivity index (χ2v) is 4.56. The molecule has 0 aliphatic carbocycles. The van der Waals surface area contributed by atoms with Crippen LogP contribution >= 0.6 is 15.9 Å². The molecule has 0 spiro atoms. The Morgan fingerprint density at radius 3 is 2.78 bits per heavy atom. The van der Waals surface area contributed by atoms with E-state index in [9.17, 15) is 4.39 Å². The topological polar surface area (TPSA) is 48.1 Å². The first-order valence-electron chi connectivity index (χ1n) is 5.33. The summed E-state index contributed by atoms with van der Waals surface area (Å²) in [4.78, 5) is 4.17. The number of aromatic nitrogens is 1. The maximum absolute atomic E-state index is 13.8. The molecule has 5 heteroatoms. The Labute approximate surface area is 113 Å². The van der Waals surface area contributed by atoms with Crippen molar-refractivity contribution in [3.63, 3.8) is 0 Å². The predicted molar refractivity (Wildman–Crippen MR) is 70.9 cm³/mol. The largest absolute Gasteiger partial charge is 0.495 e. The SMILES string of the molecule is COc1cccnc1C(N)c1c(F)cccc1Br. The number of hydrogen-bond donors (Lipinski definition) is 1. The van der Waals surface area contributed by atoms with Crippen molar-refractivity contribution in [3.05, 3.63) is 58.1 Å². The highest BCUT2D eigenvalue weighted by atomic mass is 79.9. The molecule has 18 heavy (non-hydrogen) atoms. The summed E-state index contributed by atoms with van der Waals surface area (Å²) in [5.41, 5.74) is 6.96. The fourth-order valence-electron chi connectivity index (χ4n) is 1.75. The van der Waals surface area contributed by atoms with E-state index >= 15 is 0 Å². The highest BCUT2D eigenvalue weighted by Gasteiger charge is 2.20. The third-order valence-corrected chi connectivity index (χ3v) is 3.32. The normalized spacial score (nSPS) is 12.2. The van der Waals surface area contributed by atoms with Gasteiger partial charge < -0.3 is 10.5 Å². The molecule has 1 heterocycles. The minimum atomic E-state index is -0.684. The minimum Gasteiger partial charge on any atom is -0.495 e. The molecule has 0 saturated heterocycles. The summed E-state index contributed by atoms with van der Waals surface area (Å²) in [6.45, 7) is 0. The van der Waals surface area contributed by atoms with Crippen molar-refractivity contribution in [2.45, 2.75) is 6.04 Å². The summed E-state index contributed by atoms with van der Waals surface area (Å²) in [6.07, 6.45) is 1.60. The summed E-state index contributed by atoms with van der Waals surface area (Å²) >= 11 is 3.30. The molecule has 0 saturated carbocycles. The molecule has 2 N–H and O–H groups in total. The molecule has 3 nitrogen and oxygen atoms in total. The molecular formula is C13H12BrFN2O. The molecule has 0 aliphatic rings. The van der Waals surface area contributed by atoms with Crippen LogP contribution in [0.3, 0.4) is 0 Å². The highest BCUT2D eigenvalue weighted by Crippen LogP contribution is 2.32. The van der Waals surface area contributed by atoms with E-state index < -0.39 is 6.04 Å². The van der Waals surface area contributed by atoms with Crippen molar-refractivity contribution in [3.8, 4) is 5.75 Å². The Morgan fingerprint density at radius 1 is 1.33 bits per heavy atom. The van der Waals surface area contributed by atoms with Gasteiger partial charge in [0.25, 0.3) is 0 Å². The molecule has 0 aliphatic heterocycles. The number of rotatable bonds is 3. The van der Waals surface area contributed by atoms with Gasteiger partial charge in [0.15, 0.2) is 0 Å². The van der Waals surface area contributed by atoms with Gasteiger partial charge in [-0.3, -0.25) is 4.98 Å². The molecule has 0 radical (unpaired) electrons. The van der Waals surface area contributed by atoms with Gasteiger partial charge in [-0.1, -0.05) is 22.0 Å². The Hall–Kier alpha value is -1.46. The van der Waals surface area contributed by atoms with Crippen molar-refractivity contribution in [1.29, 1.82) is 0 Å². The molecule has 2 aromatic rings. The van der Waals surface area contributed by atoms with Crippen LogP contribution in [0.5, 0.6) is 5.75 Å². The van der Waals surface area contributed by atoms with E-state index in [1.54, 1.807) is 30.5 Å². The molecule has 1 aromatic heterocycles. The Balaban J connectivity index is 2.51. The van der Waals surface area contributed by atoms with Crippen LogP contribution in [0, 0.1) is 5.82 Å². The fraction of sp³-hybridized carbons (Fsp3) is 0.154. The first-order chi connectivity index (χ1) is 8.65. The number of halogens is 2. The van der Waals surface area contributed by atoms with Crippen molar-refractivity contribution < 1.29 is 9.13 Å². The van der Waals surface area contributed by atoms with E-state index in [0.29, 0.717) is 21.5 Å². The second-order valence-electron chi connectivity index (χ2n) is 3.70. The summed E-state index contributed by atoms with van der Waals surface area (Å²) in [5.74, 6) is 0.171. The third-order valence-electron chi connectivity index (χ3n) is 2.62. The number of benzene rings is 1. The number of hydrogen-bond acceptors (Lipinski definition) is 3. The van der Waals surface area contributed by atoms with Gasteiger partial charge in [-0.15, -0.1) is 0 Å². The van der Waals surface area contributed by atoms with Crippen LogP contribution in [0.1, 0.15) is 17.3 Å². The molecule has 1 aromatic carbocycles. The van der Waals surface area contributed by atoms with Crippen molar-refractivity contribution in [2.75, 3.05) is 7.11 Å². The highest BCUT2D eigenvalue weighted by molar-refractivity contribution is 9.10. The van der Waals surface area contributed by atoms with Gasteiger partial charge in [-0.05, 0) is 24.3 Å². The Kier molecular flexibility index (Phi) is 3.93. The van der Waals surface area contributed by atoms with E-state index in [1.165, 1.54) is 13.2 Å². The lowest BCUT2D eigenvalue weighted by Gasteiger charge is -2.16. The second kappa shape index (κ2) is 5.46. The molecule has 1 unspecified atom stereocenters. The van der Waals surface area contributed by atoms with Crippen LogP contribution in [-0.4, -0.2) is 12.1 Å². The van der Waals surface area contributed by atoms with Gasteiger partial charge in [0.1, 0.15) is 17.3 Å². The van der Waals surface area contributed by atoms with Gasteiger partial charge >= 0.3 is 0 Å². The Bertz CT molecular complexity index is 542. The first kappa shape index (κ1) is 13.0. The van der Waals surface area contributed by atoms with Crippen molar-refractivity contribution in [2.24, 2.45) is 5.73 Å². The van der Waals surface area contributed by atoms with E-state index in [1.807, 2.05) is 0 Å². The summed E-state index contributed by atoms with van der Waals surface area (Å²) in [5, 5.41) is 0. The summed E-state index contributed by atoms with van der Waals surface area (Å²) in [6, 6.07) is 7.54. The zero-order valence-electron chi connectivity index (χ0n) is 9.73. The lowest BCUT2D eigenvalue weighted by molar-refractivity contribution is 0.404. The zero-order valence-corrected chi connectivity index (χ0v) is 11.3. The minimum absolute atomic E-state index is 0.370. The molecule has 0 fully saturated rings. The van der Waals surface area contributed by atoms with Gasteiger partial charge in [-0.2, -0.15) is 0 Å². The monoisotopic (exact) mass is 310 g/mol. The standard InChI is InChI=1S/C13H12BrFN2O/c1-18-10-6-3-7-17-13(10)12(16)11-8(14)4-2-5-9(11)15/h2-7,12H,16H2,1H3. The third kappa shape index (κ3) is 2.37. The summed E-state index contributed by atoms with van der Waals surface area (Å²) < 4.78 is 19.6. The molecule has 2 rings (SSSR count). The van der Waals surface area contributed by atoms with Crippen LogP contribution < -0.4 is 10.5 Å². The average molecular weight is 311 g/mol. The Morgan fingerprint density at radius 2 is 2.11 bits per heavy atom. The van der Waals surface area contributed by atoms with Crippen LogP contribution in [0.25, 0.3) is 0 Å². The number of methoxy groups -OCH3 is 1. The number of pyridine rings is 1. The molecule has 0 bridgehead atoms. The fourth-order valence-corrected chi connectivity index (χ4v) is 2.34. The quantitative estimate of drug-likeness (QED) is 0.948. The summed E-state index contributed by atoms with van der Waals surface area (Å²) in [7, 11) is 1.53. The average Bonchev–Trinajstić information content (AvgIpc) is 2.38. The van der Waals surface area contributed by atoms with Crippen LogP contribution in [0.2, 0.25) is 0 Å². The van der Waals surface area contributed by atoms with Crippen LogP contribution in [0.15, 0.2) is 41.0 Å². The molecule has 0 amide bonds. The van der Waals surface area contributed by atoms with Crippen LogP contribution in [0.4, 0.5) is 4.39 Å². The molecular weight excluding hydrogens is 299 g/mol. The zero-order chi connectivity index (χ0) is 13.1. The molecule has 94 valence electrons. The molecule has 1 atom stereocenters. The van der Waals surface area contributed by atoms with E-state index in [2.05, 4.69) is 20.9 Å². The number of ether oxygens (including phenoxy) is 1. The van der Waals surface area contributed by atoms with Gasteiger partial charge in [0.2, 0.25) is 0 Å². The van der Waals surface area contributed by atoms with Gasteiger partial charge in [0, 0.05) is 16.2 Å².